The molecule has 0 spiro atoms. The number of hydrogen-bond donors (Lipinski definition) is 0. The molecule has 2 rings (SSSR count). The van der Waals surface area contributed by atoms with Crippen molar-refractivity contribution in [3.05, 3.63) is 38.9 Å². The predicted octanol–water partition coefficient (Wildman–Crippen LogP) is 2.89. The Morgan fingerprint density at radius 2 is 2.19 bits per heavy atom. The van der Waals surface area contributed by atoms with Gasteiger partial charge in [0, 0.05) is 24.2 Å². The van der Waals surface area contributed by atoms with Gasteiger partial charge in [0.05, 0.1) is 16.6 Å². The molecule has 0 aromatic heterocycles. The Balaban J connectivity index is 2.36. The van der Waals surface area contributed by atoms with E-state index in [0.29, 0.717) is 18.1 Å². The zero-order chi connectivity index (χ0) is 15.8. The number of halogens is 1. The van der Waals surface area contributed by atoms with Gasteiger partial charge < -0.3 is 9.64 Å². The molecule has 114 valence electrons. The topological polar surface area (TPSA) is 72.7 Å². The number of carbonyl (C=O) groups excluding carboxylic acids is 1. The normalized spacial score (nSPS) is 21.1. The smallest absolute Gasteiger partial charge is 0.282 e. The van der Waals surface area contributed by atoms with Gasteiger partial charge in [-0.15, -0.1) is 0 Å². The molecule has 1 amide bonds. The first-order valence-electron chi connectivity index (χ1n) is 6.60. The monoisotopic (exact) mass is 312 g/mol. The summed E-state index contributed by atoms with van der Waals surface area (Å²) in [5.41, 5.74) is -0.709. The molecule has 0 bridgehead atoms. The van der Waals surface area contributed by atoms with Crippen LogP contribution in [0.4, 0.5) is 5.69 Å². The number of carbonyl (C=O) groups is 1. The highest BCUT2D eigenvalue weighted by Crippen LogP contribution is 2.27. The average molecular weight is 313 g/mol. The largest absolute Gasteiger partial charge is 0.369 e. The molecule has 0 saturated carbocycles. The predicted molar refractivity (Wildman–Crippen MR) is 78.6 cm³/mol. The van der Waals surface area contributed by atoms with Gasteiger partial charge in [0.2, 0.25) is 0 Å². The number of amides is 1. The lowest BCUT2D eigenvalue weighted by Crippen LogP contribution is -2.53. The molecule has 7 heteroatoms. The molecule has 0 aliphatic carbocycles. The maximum absolute atomic E-state index is 12.6. The van der Waals surface area contributed by atoms with E-state index in [1.807, 2.05) is 20.8 Å². The molecular weight excluding hydrogens is 296 g/mol. The lowest BCUT2D eigenvalue weighted by molar-refractivity contribution is -0.385. The van der Waals surface area contributed by atoms with Crippen molar-refractivity contribution in [2.75, 3.05) is 13.1 Å². The van der Waals surface area contributed by atoms with Crippen molar-refractivity contribution >= 4 is 23.2 Å². The molecule has 6 nitrogen and oxygen atoms in total. The average Bonchev–Trinajstić information content (AvgIpc) is 2.34. The summed E-state index contributed by atoms with van der Waals surface area (Å²) in [6.07, 6.45) is -0.129. The highest BCUT2D eigenvalue weighted by molar-refractivity contribution is 6.31. The maximum Gasteiger partial charge on any atom is 0.282 e. The number of ether oxygens (including phenoxy) is 1. The second-order valence-electron chi connectivity index (χ2n) is 5.79. The van der Waals surface area contributed by atoms with Crippen molar-refractivity contribution in [1.82, 2.24) is 4.90 Å². The van der Waals surface area contributed by atoms with E-state index in [2.05, 4.69) is 0 Å². The Morgan fingerprint density at radius 1 is 1.52 bits per heavy atom. The van der Waals surface area contributed by atoms with Crippen molar-refractivity contribution in [3.63, 3.8) is 0 Å². The number of nitro benzene ring substituents is 1. The summed E-state index contributed by atoms with van der Waals surface area (Å²) in [4.78, 5) is 24.7. The molecule has 1 aromatic carbocycles. The summed E-state index contributed by atoms with van der Waals surface area (Å²) in [5.74, 6) is -0.396. The standard InChI is InChI=1S/C14H17ClN2O4/c1-9-7-16(8-14(2,3)21-9)13(18)11-6-10(15)4-5-12(11)17(19)20/h4-6,9H,7-8H2,1-3H3. The van der Waals surface area contributed by atoms with Crippen LogP contribution in [0.3, 0.4) is 0 Å². The fraction of sp³-hybridized carbons (Fsp3) is 0.500. The third-order valence-electron chi connectivity index (χ3n) is 3.24. The van der Waals surface area contributed by atoms with Crippen LogP contribution >= 0.6 is 11.6 Å². The first-order valence-corrected chi connectivity index (χ1v) is 6.98. The molecule has 1 heterocycles. The minimum Gasteiger partial charge on any atom is -0.369 e. The van der Waals surface area contributed by atoms with Crippen molar-refractivity contribution in [1.29, 1.82) is 0 Å². The zero-order valence-electron chi connectivity index (χ0n) is 12.1. The molecule has 1 aliphatic rings. The molecular formula is C14H17ClN2O4. The molecule has 21 heavy (non-hydrogen) atoms. The van der Waals surface area contributed by atoms with E-state index in [4.69, 9.17) is 16.3 Å². The Bertz CT molecular complexity index is 588. The molecule has 1 atom stereocenters. The summed E-state index contributed by atoms with van der Waals surface area (Å²) in [5, 5.41) is 11.4. The first-order chi connectivity index (χ1) is 9.69. The van der Waals surface area contributed by atoms with Crippen molar-refractivity contribution < 1.29 is 14.5 Å². The van der Waals surface area contributed by atoms with Gasteiger partial charge in [0.25, 0.3) is 11.6 Å². The summed E-state index contributed by atoms with van der Waals surface area (Å²) < 4.78 is 5.74. The van der Waals surface area contributed by atoms with Gasteiger partial charge in [-0.2, -0.15) is 0 Å². The van der Waals surface area contributed by atoms with E-state index in [-0.39, 0.29) is 17.4 Å². The summed E-state index contributed by atoms with van der Waals surface area (Å²) in [7, 11) is 0. The summed E-state index contributed by atoms with van der Waals surface area (Å²) in [6.45, 7) is 6.41. The van der Waals surface area contributed by atoms with E-state index < -0.39 is 16.4 Å². The summed E-state index contributed by atoms with van der Waals surface area (Å²) in [6, 6.07) is 4.00. The van der Waals surface area contributed by atoms with Gasteiger partial charge in [-0.1, -0.05) is 11.6 Å². The quantitative estimate of drug-likeness (QED) is 0.621. The van der Waals surface area contributed by atoms with Crippen LogP contribution in [0.15, 0.2) is 18.2 Å². The van der Waals surface area contributed by atoms with Crippen LogP contribution in [0.1, 0.15) is 31.1 Å². The van der Waals surface area contributed by atoms with Gasteiger partial charge in [0.1, 0.15) is 5.56 Å². The molecule has 1 unspecified atom stereocenters. The van der Waals surface area contributed by atoms with E-state index >= 15 is 0 Å². The Labute approximate surface area is 127 Å². The van der Waals surface area contributed by atoms with Crippen LogP contribution in [0.5, 0.6) is 0 Å². The van der Waals surface area contributed by atoms with Crippen molar-refractivity contribution in [3.8, 4) is 0 Å². The van der Waals surface area contributed by atoms with Crippen LogP contribution < -0.4 is 0 Å². The number of hydrogen-bond acceptors (Lipinski definition) is 4. The molecule has 1 fully saturated rings. The minimum atomic E-state index is -0.571. The first kappa shape index (κ1) is 15.7. The SMILES string of the molecule is CC1CN(C(=O)c2cc(Cl)ccc2[N+](=O)[O-])CC(C)(C)O1. The van der Waals surface area contributed by atoms with Crippen LogP contribution in [0.2, 0.25) is 5.02 Å². The van der Waals surface area contributed by atoms with Crippen LogP contribution in [-0.4, -0.2) is 40.5 Å². The van der Waals surface area contributed by atoms with Gasteiger partial charge in [-0.05, 0) is 32.9 Å². The van der Waals surface area contributed by atoms with Crippen LogP contribution in [0.25, 0.3) is 0 Å². The molecule has 1 saturated heterocycles. The van der Waals surface area contributed by atoms with Gasteiger partial charge in [-0.25, -0.2) is 0 Å². The number of benzene rings is 1. The molecule has 1 aliphatic heterocycles. The van der Waals surface area contributed by atoms with Crippen molar-refractivity contribution in [2.24, 2.45) is 0 Å². The molecule has 0 radical (unpaired) electrons. The van der Waals surface area contributed by atoms with Gasteiger partial charge >= 0.3 is 0 Å². The molecule has 0 N–H and O–H groups in total. The van der Waals surface area contributed by atoms with Gasteiger partial charge in [-0.3, -0.25) is 14.9 Å². The van der Waals surface area contributed by atoms with E-state index in [1.165, 1.54) is 18.2 Å². The summed E-state index contributed by atoms with van der Waals surface area (Å²) >= 11 is 5.87. The maximum atomic E-state index is 12.6. The second-order valence-corrected chi connectivity index (χ2v) is 6.23. The highest BCUT2D eigenvalue weighted by Gasteiger charge is 2.35. The van der Waals surface area contributed by atoms with Crippen LogP contribution in [0, 0.1) is 10.1 Å². The van der Waals surface area contributed by atoms with Crippen molar-refractivity contribution in [2.45, 2.75) is 32.5 Å². The third kappa shape index (κ3) is 3.51. The van der Waals surface area contributed by atoms with Crippen LogP contribution in [-0.2, 0) is 4.74 Å². The number of rotatable bonds is 2. The second kappa shape index (κ2) is 5.61. The van der Waals surface area contributed by atoms with E-state index in [0.717, 1.165) is 0 Å². The molecule has 1 aromatic rings. The van der Waals surface area contributed by atoms with E-state index in [1.54, 1.807) is 4.90 Å². The minimum absolute atomic E-state index is 0.0115. The third-order valence-corrected chi connectivity index (χ3v) is 3.48. The fourth-order valence-electron chi connectivity index (χ4n) is 2.62. The number of nitro groups is 1. The van der Waals surface area contributed by atoms with E-state index in [9.17, 15) is 14.9 Å². The fourth-order valence-corrected chi connectivity index (χ4v) is 2.79. The highest BCUT2D eigenvalue weighted by atomic mass is 35.5. The Hall–Kier alpha value is -1.66. The Kier molecular flexibility index (Phi) is 4.20. The number of nitrogens with zero attached hydrogens (tertiary/aromatic N) is 2. The van der Waals surface area contributed by atoms with Gasteiger partial charge in [0.15, 0.2) is 0 Å². The lowest BCUT2D eigenvalue weighted by atomic mass is 10.0. The number of morpholine rings is 1. The lowest BCUT2D eigenvalue weighted by Gasteiger charge is -2.41. The Morgan fingerprint density at radius 3 is 2.76 bits per heavy atom. The zero-order valence-corrected chi connectivity index (χ0v) is 12.9.